The van der Waals surface area contributed by atoms with E-state index in [0.29, 0.717) is 60.8 Å². The molecule has 2 atom stereocenters. The maximum atomic E-state index is 12.5. The highest BCUT2D eigenvalue weighted by molar-refractivity contribution is 7.98. The Morgan fingerprint density at radius 2 is 1.52 bits per heavy atom. The summed E-state index contributed by atoms with van der Waals surface area (Å²) in [6.07, 6.45) is 1.28. The molecule has 5 aromatic rings. The van der Waals surface area contributed by atoms with Crippen LogP contribution in [0, 0.1) is 0 Å². The number of benzene rings is 3. The molecule has 2 aromatic heterocycles. The van der Waals surface area contributed by atoms with Crippen LogP contribution >= 0.6 is 46.6 Å². The number of hydrazone groups is 1. The zero-order valence-corrected chi connectivity index (χ0v) is 39.1. The van der Waals surface area contributed by atoms with E-state index in [-0.39, 0.29) is 42.4 Å². The maximum Gasteiger partial charge on any atom is 0.400 e. The minimum atomic E-state index is -1.20. The van der Waals surface area contributed by atoms with Crippen LogP contribution in [0.4, 0.5) is 5.69 Å². The quantitative estimate of drug-likeness (QED) is 0.0538. The summed E-state index contributed by atoms with van der Waals surface area (Å²) in [5, 5.41) is 15.2. The van der Waals surface area contributed by atoms with Crippen LogP contribution in [0.25, 0.3) is 11.1 Å². The molecule has 21 heteroatoms. The van der Waals surface area contributed by atoms with Crippen LogP contribution in [0.15, 0.2) is 80.1 Å². The molecule has 3 aromatic carbocycles. The van der Waals surface area contributed by atoms with Gasteiger partial charge in [0.05, 0.1) is 30.5 Å². The SMILES string of the molecule is CCOC(=O)C1=NN(c2ccc(Cl)cc2Cl)C(C)(C(=O)OCC)C1.CCOC(=O)[C@@H](C)Oc1ccc(Oc2nc3ccc(Cl)cc3o2)cc1.CSc1nnc(C(C)(C)C)c(=O)n1N. The summed E-state index contributed by atoms with van der Waals surface area (Å²) in [4.78, 5) is 52.0. The molecule has 63 heavy (non-hydrogen) atoms. The average Bonchev–Trinajstić information content (AvgIpc) is 3.80. The number of hydrogen-bond acceptors (Lipinski definition) is 17. The van der Waals surface area contributed by atoms with Crippen LogP contribution in [-0.2, 0) is 34.0 Å². The number of carbonyl (C=O) groups is 3. The number of rotatable bonds is 12. The molecule has 0 saturated carbocycles. The summed E-state index contributed by atoms with van der Waals surface area (Å²) < 4.78 is 32.7. The fourth-order valence-electron chi connectivity index (χ4n) is 5.53. The highest BCUT2D eigenvalue weighted by Crippen LogP contribution is 2.39. The van der Waals surface area contributed by atoms with Gasteiger partial charge in [0.15, 0.2) is 17.2 Å². The number of nitrogens with two attached hydrogens (primary N) is 1. The van der Waals surface area contributed by atoms with Crippen molar-refractivity contribution in [2.45, 2.75) is 84.0 Å². The molecule has 0 saturated heterocycles. The van der Waals surface area contributed by atoms with E-state index in [9.17, 15) is 19.2 Å². The van der Waals surface area contributed by atoms with Gasteiger partial charge < -0.3 is 33.9 Å². The Morgan fingerprint density at radius 1 is 0.905 bits per heavy atom. The Bertz CT molecular complexity index is 2500. The highest BCUT2D eigenvalue weighted by atomic mass is 35.5. The largest absolute Gasteiger partial charge is 0.479 e. The minimum absolute atomic E-state index is 0.0591. The number of hydrogen-bond donors (Lipinski definition) is 1. The zero-order valence-electron chi connectivity index (χ0n) is 36.1. The van der Waals surface area contributed by atoms with E-state index in [4.69, 9.17) is 68.7 Å². The van der Waals surface area contributed by atoms with Crippen molar-refractivity contribution in [3.63, 3.8) is 0 Å². The standard InChI is InChI=1S/C18H16ClNO5.C16H18Cl2N2O4.C8H14N4OS/c1-3-22-17(21)11(2)23-13-5-7-14(8-6-13)24-18-20-15-9-4-12(19)10-16(15)25-18;1-4-23-14(21)12-9-16(3,15(22)24-5-2)20(19-12)13-7-6-10(17)8-11(13)18;1-8(2,3)5-6(13)12(9)7(14-4)11-10-5/h4-11H,3H2,1-2H3;6-8H,4-5,9H2,1-3H3;9H2,1-4H3/t11-;;/m1../s1. The average molecular weight is 949 g/mol. The number of halogens is 3. The number of aromatic nitrogens is 4. The molecular weight excluding hydrogens is 901 g/mol. The van der Waals surface area contributed by atoms with Gasteiger partial charge in [0.2, 0.25) is 5.16 Å². The summed E-state index contributed by atoms with van der Waals surface area (Å²) in [5.74, 6) is 5.14. The lowest BCUT2D eigenvalue weighted by atomic mass is 9.93. The third-order valence-corrected chi connectivity index (χ3v) is 10.0. The van der Waals surface area contributed by atoms with Gasteiger partial charge in [-0.05, 0) is 95.5 Å². The predicted molar refractivity (Wildman–Crippen MR) is 242 cm³/mol. The molecule has 1 unspecified atom stereocenters. The van der Waals surface area contributed by atoms with Gasteiger partial charge in [0.25, 0.3) is 5.56 Å². The number of fused-ring (bicyclic) bond motifs is 1. The van der Waals surface area contributed by atoms with Crippen LogP contribution in [-0.4, -0.2) is 81.2 Å². The maximum absolute atomic E-state index is 12.5. The second-order valence-corrected chi connectivity index (χ2v) is 16.5. The third kappa shape index (κ3) is 13.0. The van der Waals surface area contributed by atoms with Crippen LogP contribution in [0.1, 0.15) is 67.5 Å². The van der Waals surface area contributed by atoms with E-state index in [2.05, 4.69) is 20.3 Å². The smallest absolute Gasteiger partial charge is 0.400 e. The van der Waals surface area contributed by atoms with Crippen LogP contribution in [0.5, 0.6) is 17.6 Å². The molecule has 2 N–H and O–H groups in total. The Labute approximate surface area is 383 Å². The van der Waals surface area contributed by atoms with Gasteiger partial charge >= 0.3 is 24.0 Å². The van der Waals surface area contributed by atoms with E-state index in [0.717, 1.165) is 4.68 Å². The topological polar surface area (TPSA) is 213 Å². The molecule has 17 nitrogen and oxygen atoms in total. The molecule has 0 radical (unpaired) electrons. The number of nitrogens with zero attached hydrogens (tertiary/aromatic N) is 6. The van der Waals surface area contributed by atoms with Crippen molar-refractivity contribution in [1.29, 1.82) is 0 Å². The van der Waals surface area contributed by atoms with Crippen LogP contribution < -0.4 is 25.9 Å². The molecule has 338 valence electrons. The summed E-state index contributed by atoms with van der Waals surface area (Å²) in [6, 6.07) is 16.7. The van der Waals surface area contributed by atoms with Crippen molar-refractivity contribution >= 4 is 87.0 Å². The third-order valence-electron chi connectivity index (χ3n) is 8.61. The number of oxazole rings is 1. The van der Waals surface area contributed by atoms with E-state index < -0.39 is 29.6 Å². The number of esters is 3. The summed E-state index contributed by atoms with van der Waals surface area (Å²) >= 11 is 19.4. The first-order chi connectivity index (χ1) is 29.8. The Kier molecular flexibility index (Phi) is 17.6. The number of nitrogen functional groups attached to an aromatic ring is 1. The molecule has 6 rings (SSSR count). The summed E-state index contributed by atoms with van der Waals surface area (Å²) in [6.45, 7) is 14.9. The molecule has 0 bridgehead atoms. The molecule has 1 aliphatic rings. The first-order valence-corrected chi connectivity index (χ1v) is 21.8. The minimum Gasteiger partial charge on any atom is -0.479 e. The monoisotopic (exact) mass is 947 g/mol. The van der Waals surface area contributed by atoms with Crippen molar-refractivity contribution in [3.05, 3.63) is 91.8 Å². The fourth-order valence-corrected chi connectivity index (χ4v) is 6.58. The Hall–Kier alpha value is -5.56. The first kappa shape index (κ1) is 50.1. The lowest BCUT2D eigenvalue weighted by Crippen LogP contribution is -2.48. The van der Waals surface area contributed by atoms with Crippen molar-refractivity contribution in [2.24, 2.45) is 5.10 Å². The predicted octanol–water partition coefficient (Wildman–Crippen LogP) is 8.42. The van der Waals surface area contributed by atoms with Gasteiger partial charge in [-0.15, -0.1) is 10.2 Å². The Morgan fingerprint density at radius 3 is 2.13 bits per heavy atom. The second kappa shape index (κ2) is 22.2. The summed E-state index contributed by atoms with van der Waals surface area (Å²) in [5.41, 5.74) is 0.370. The molecule has 0 fully saturated rings. The van der Waals surface area contributed by atoms with Crippen molar-refractivity contribution in [1.82, 2.24) is 19.9 Å². The van der Waals surface area contributed by atoms with Gasteiger partial charge in [-0.3, -0.25) is 4.79 Å². The van der Waals surface area contributed by atoms with Crippen LogP contribution in [0.2, 0.25) is 15.1 Å². The lowest BCUT2D eigenvalue weighted by Gasteiger charge is -2.32. The van der Waals surface area contributed by atoms with Crippen molar-refractivity contribution < 1.29 is 42.5 Å². The van der Waals surface area contributed by atoms with Gasteiger partial charge in [-0.2, -0.15) is 14.8 Å². The fraction of sp³-hybridized carbons (Fsp3) is 0.381. The summed E-state index contributed by atoms with van der Waals surface area (Å²) in [7, 11) is 0. The van der Waals surface area contributed by atoms with E-state index in [1.165, 1.54) is 16.8 Å². The Balaban J connectivity index is 0.000000216. The zero-order chi connectivity index (χ0) is 46.6. The highest BCUT2D eigenvalue weighted by Gasteiger charge is 2.49. The van der Waals surface area contributed by atoms with Crippen molar-refractivity contribution in [3.8, 4) is 17.6 Å². The van der Waals surface area contributed by atoms with Gasteiger partial charge in [-0.1, -0.05) is 67.3 Å². The van der Waals surface area contributed by atoms with Gasteiger partial charge in [-0.25, -0.2) is 19.4 Å². The van der Waals surface area contributed by atoms with E-state index in [1.807, 2.05) is 20.8 Å². The van der Waals surface area contributed by atoms with Gasteiger partial charge in [0.1, 0.15) is 28.4 Å². The van der Waals surface area contributed by atoms with E-state index >= 15 is 0 Å². The number of carbonyl (C=O) groups excluding carboxylic acids is 3. The number of thioether (sulfide) groups is 1. The molecular formula is C42H48Cl3N7O10S. The number of ether oxygens (including phenoxy) is 5. The lowest BCUT2D eigenvalue weighted by molar-refractivity contribution is -0.150. The normalized spacial score (nSPS) is 14.9. The first-order valence-electron chi connectivity index (χ1n) is 19.4. The van der Waals surface area contributed by atoms with Crippen LogP contribution in [0.3, 0.4) is 0 Å². The molecule has 3 heterocycles. The molecule has 0 aliphatic carbocycles. The number of anilines is 1. The van der Waals surface area contributed by atoms with Crippen molar-refractivity contribution in [2.75, 3.05) is 36.9 Å². The van der Waals surface area contributed by atoms with Gasteiger partial charge in [0, 0.05) is 27.9 Å². The van der Waals surface area contributed by atoms with E-state index in [1.54, 1.807) is 102 Å². The second-order valence-electron chi connectivity index (χ2n) is 14.5. The molecule has 0 spiro atoms. The molecule has 0 amide bonds. The molecule has 1 aliphatic heterocycles.